The van der Waals surface area contributed by atoms with E-state index >= 15 is 0 Å². The molecule has 2 atom stereocenters. The molecular formula is C15H30N2O2. The highest BCUT2D eigenvalue weighted by atomic mass is 16.3. The predicted octanol–water partition coefficient (Wildman–Crippen LogP) is 1.68. The Kier molecular flexibility index (Phi) is 6.80. The molecule has 2 unspecified atom stereocenters. The van der Waals surface area contributed by atoms with E-state index in [0.717, 1.165) is 45.2 Å². The topological polar surface area (TPSA) is 61.4 Å². The number of carbonyl (C=O) groups is 1. The van der Waals surface area contributed by atoms with Crippen LogP contribution in [-0.4, -0.2) is 36.8 Å². The summed E-state index contributed by atoms with van der Waals surface area (Å²) in [6.45, 7) is 8.36. The highest BCUT2D eigenvalue weighted by Crippen LogP contribution is 2.31. The molecule has 0 aliphatic carbocycles. The van der Waals surface area contributed by atoms with E-state index in [0.29, 0.717) is 6.54 Å². The summed E-state index contributed by atoms with van der Waals surface area (Å²) in [5.41, 5.74) is -0.248. The molecule has 0 radical (unpaired) electrons. The molecule has 19 heavy (non-hydrogen) atoms. The number of aliphatic hydroxyl groups is 1. The van der Waals surface area contributed by atoms with Crippen molar-refractivity contribution in [2.75, 3.05) is 19.6 Å². The second-order valence-electron chi connectivity index (χ2n) is 5.81. The van der Waals surface area contributed by atoms with Crippen molar-refractivity contribution in [3.63, 3.8) is 0 Å². The van der Waals surface area contributed by atoms with Crippen molar-refractivity contribution in [3.05, 3.63) is 0 Å². The number of aliphatic hydroxyl groups excluding tert-OH is 1. The van der Waals surface area contributed by atoms with E-state index in [1.54, 1.807) is 0 Å². The van der Waals surface area contributed by atoms with E-state index in [9.17, 15) is 9.90 Å². The molecule has 4 heteroatoms. The maximum absolute atomic E-state index is 12.4. The monoisotopic (exact) mass is 270 g/mol. The van der Waals surface area contributed by atoms with Crippen LogP contribution in [0, 0.1) is 11.3 Å². The summed E-state index contributed by atoms with van der Waals surface area (Å²) in [6, 6.07) is 0. The van der Waals surface area contributed by atoms with E-state index in [2.05, 4.69) is 31.4 Å². The average Bonchev–Trinajstić information content (AvgIpc) is 2.87. The van der Waals surface area contributed by atoms with Crippen LogP contribution in [0.2, 0.25) is 0 Å². The lowest BCUT2D eigenvalue weighted by Gasteiger charge is -2.28. The molecule has 1 amide bonds. The van der Waals surface area contributed by atoms with Crippen molar-refractivity contribution in [2.45, 2.75) is 59.0 Å². The van der Waals surface area contributed by atoms with Crippen LogP contribution in [0.4, 0.5) is 0 Å². The van der Waals surface area contributed by atoms with Gasteiger partial charge >= 0.3 is 0 Å². The van der Waals surface area contributed by atoms with Gasteiger partial charge < -0.3 is 15.7 Å². The third-order valence-corrected chi connectivity index (χ3v) is 4.52. The van der Waals surface area contributed by atoms with Gasteiger partial charge in [0.05, 0.1) is 11.5 Å². The maximum Gasteiger partial charge on any atom is 0.227 e. The fourth-order valence-corrected chi connectivity index (χ4v) is 3.13. The van der Waals surface area contributed by atoms with Crippen molar-refractivity contribution in [1.82, 2.24) is 10.6 Å². The molecule has 1 heterocycles. The van der Waals surface area contributed by atoms with Crippen LogP contribution < -0.4 is 10.6 Å². The van der Waals surface area contributed by atoms with Gasteiger partial charge in [-0.05, 0) is 25.3 Å². The van der Waals surface area contributed by atoms with Crippen LogP contribution in [0.15, 0.2) is 0 Å². The second-order valence-corrected chi connectivity index (χ2v) is 5.81. The van der Waals surface area contributed by atoms with E-state index in [4.69, 9.17) is 0 Å². The zero-order valence-corrected chi connectivity index (χ0v) is 12.7. The Bertz CT molecular complexity index is 271. The lowest BCUT2D eigenvalue weighted by Crippen LogP contribution is -2.46. The number of nitrogens with one attached hydrogen (secondary N) is 2. The zero-order valence-electron chi connectivity index (χ0n) is 12.7. The third-order valence-electron chi connectivity index (χ3n) is 4.52. The Balaban J connectivity index is 2.49. The molecule has 0 saturated carbocycles. The molecule has 0 aromatic heterocycles. The third kappa shape index (κ3) is 4.18. The smallest absolute Gasteiger partial charge is 0.227 e. The Labute approximate surface area is 117 Å². The van der Waals surface area contributed by atoms with Gasteiger partial charge in [-0.2, -0.15) is 0 Å². The molecule has 0 spiro atoms. The van der Waals surface area contributed by atoms with Gasteiger partial charge in [-0.1, -0.05) is 40.0 Å². The molecule has 0 bridgehead atoms. The minimum atomic E-state index is -0.424. The van der Waals surface area contributed by atoms with E-state index in [1.165, 1.54) is 0 Å². The fourth-order valence-electron chi connectivity index (χ4n) is 3.13. The van der Waals surface area contributed by atoms with Crippen LogP contribution >= 0.6 is 0 Å². The standard InChI is InChI=1S/C15H30N2O2/c1-4-7-15(8-9-16-11-15)14(19)17-10-13(18)12(5-2)6-3/h12-13,16,18H,4-11H2,1-3H3,(H,17,19). The van der Waals surface area contributed by atoms with E-state index in [-0.39, 0.29) is 17.2 Å². The molecular weight excluding hydrogens is 240 g/mol. The van der Waals surface area contributed by atoms with Crippen molar-refractivity contribution < 1.29 is 9.90 Å². The van der Waals surface area contributed by atoms with Crippen molar-refractivity contribution >= 4 is 5.91 Å². The summed E-state index contributed by atoms with van der Waals surface area (Å²) in [4.78, 5) is 12.4. The summed E-state index contributed by atoms with van der Waals surface area (Å²) in [5, 5.41) is 16.3. The summed E-state index contributed by atoms with van der Waals surface area (Å²) in [7, 11) is 0. The molecule has 1 rings (SSSR count). The maximum atomic E-state index is 12.4. The van der Waals surface area contributed by atoms with Crippen molar-refractivity contribution in [2.24, 2.45) is 11.3 Å². The van der Waals surface area contributed by atoms with Crippen LogP contribution in [0.25, 0.3) is 0 Å². The molecule has 1 aliphatic heterocycles. The quantitative estimate of drug-likeness (QED) is 0.629. The van der Waals surface area contributed by atoms with E-state index in [1.807, 2.05) is 0 Å². The Hall–Kier alpha value is -0.610. The SMILES string of the molecule is CCCC1(C(=O)NCC(O)C(CC)CC)CCNC1. The average molecular weight is 270 g/mol. The number of rotatable bonds is 8. The molecule has 0 aromatic rings. The van der Waals surface area contributed by atoms with Crippen molar-refractivity contribution in [3.8, 4) is 0 Å². The summed E-state index contributed by atoms with van der Waals surface area (Å²) in [5.74, 6) is 0.397. The molecule has 3 N–H and O–H groups in total. The summed E-state index contributed by atoms with van der Waals surface area (Å²) < 4.78 is 0. The molecule has 1 saturated heterocycles. The summed E-state index contributed by atoms with van der Waals surface area (Å²) >= 11 is 0. The highest BCUT2D eigenvalue weighted by molar-refractivity contribution is 5.83. The Morgan fingerprint density at radius 1 is 1.37 bits per heavy atom. The van der Waals surface area contributed by atoms with Gasteiger partial charge in [0.1, 0.15) is 0 Å². The van der Waals surface area contributed by atoms with Crippen LogP contribution in [0.5, 0.6) is 0 Å². The van der Waals surface area contributed by atoms with Gasteiger partial charge in [-0.15, -0.1) is 0 Å². The van der Waals surface area contributed by atoms with Crippen LogP contribution in [0.1, 0.15) is 52.9 Å². The minimum absolute atomic E-state index is 0.115. The molecule has 112 valence electrons. The number of hydrogen-bond acceptors (Lipinski definition) is 3. The van der Waals surface area contributed by atoms with Crippen molar-refractivity contribution in [1.29, 1.82) is 0 Å². The first kappa shape index (κ1) is 16.4. The lowest BCUT2D eigenvalue weighted by molar-refractivity contribution is -0.131. The fraction of sp³-hybridized carbons (Fsp3) is 0.933. The molecule has 4 nitrogen and oxygen atoms in total. The minimum Gasteiger partial charge on any atom is -0.391 e. The number of carbonyl (C=O) groups excluding carboxylic acids is 1. The largest absolute Gasteiger partial charge is 0.391 e. The predicted molar refractivity (Wildman–Crippen MR) is 77.9 cm³/mol. The van der Waals surface area contributed by atoms with Gasteiger partial charge in [0.25, 0.3) is 0 Å². The molecule has 1 fully saturated rings. The zero-order chi connectivity index (χ0) is 14.3. The Morgan fingerprint density at radius 3 is 2.53 bits per heavy atom. The van der Waals surface area contributed by atoms with Crippen LogP contribution in [-0.2, 0) is 4.79 Å². The Morgan fingerprint density at radius 2 is 2.05 bits per heavy atom. The number of hydrogen-bond donors (Lipinski definition) is 3. The lowest BCUT2D eigenvalue weighted by atomic mass is 9.81. The number of amides is 1. The van der Waals surface area contributed by atoms with Gasteiger partial charge in [0, 0.05) is 13.1 Å². The first-order valence-electron chi connectivity index (χ1n) is 7.76. The van der Waals surface area contributed by atoms with Crippen LogP contribution in [0.3, 0.4) is 0 Å². The van der Waals surface area contributed by atoms with Gasteiger partial charge in [0.15, 0.2) is 0 Å². The molecule has 1 aliphatic rings. The second kappa shape index (κ2) is 7.85. The first-order chi connectivity index (χ1) is 9.09. The van der Waals surface area contributed by atoms with E-state index < -0.39 is 6.10 Å². The normalized spacial score (nSPS) is 24.7. The van der Waals surface area contributed by atoms with Gasteiger partial charge in [-0.25, -0.2) is 0 Å². The van der Waals surface area contributed by atoms with Gasteiger partial charge in [-0.3, -0.25) is 4.79 Å². The first-order valence-corrected chi connectivity index (χ1v) is 7.76. The molecule has 0 aromatic carbocycles. The summed E-state index contributed by atoms with van der Waals surface area (Å²) in [6.07, 6.45) is 4.34. The van der Waals surface area contributed by atoms with Gasteiger partial charge in [0.2, 0.25) is 5.91 Å². The highest BCUT2D eigenvalue weighted by Gasteiger charge is 2.40.